The Kier molecular flexibility index (Phi) is 5.57. The number of rotatable bonds is 7. The Morgan fingerprint density at radius 1 is 1.37 bits per heavy atom. The molecule has 0 aliphatic heterocycles. The maximum atomic E-state index is 11.9. The Morgan fingerprint density at radius 3 is 2.53 bits per heavy atom. The first-order valence-corrected chi connectivity index (χ1v) is 6.66. The predicted molar refractivity (Wildman–Crippen MR) is 74.0 cm³/mol. The zero-order valence-electron chi connectivity index (χ0n) is 12.2. The van der Waals surface area contributed by atoms with Crippen LogP contribution in [-0.4, -0.2) is 41.1 Å². The van der Waals surface area contributed by atoms with Crippen LogP contribution in [0.4, 0.5) is 0 Å². The van der Waals surface area contributed by atoms with Gasteiger partial charge in [0, 0.05) is 0 Å². The van der Waals surface area contributed by atoms with E-state index in [0.29, 0.717) is 6.54 Å². The first-order chi connectivity index (χ1) is 8.91. The molecule has 2 N–H and O–H groups in total. The summed E-state index contributed by atoms with van der Waals surface area (Å²) in [4.78, 5) is 14.1. The third kappa shape index (κ3) is 4.69. The minimum atomic E-state index is -0.650. The number of aliphatic hydroxyl groups is 1. The molecule has 1 heterocycles. The van der Waals surface area contributed by atoms with Crippen LogP contribution in [0.1, 0.15) is 44.0 Å². The number of amides is 1. The molecule has 0 fully saturated rings. The van der Waals surface area contributed by atoms with Crippen LogP contribution in [0, 0.1) is 0 Å². The maximum absolute atomic E-state index is 11.9. The van der Waals surface area contributed by atoms with Crippen molar-refractivity contribution in [2.45, 2.75) is 39.8 Å². The molecule has 0 spiro atoms. The summed E-state index contributed by atoms with van der Waals surface area (Å²) in [7, 11) is 0. The quantitative estimate of drug-likeness (QED) is 0.788. The minimum absolute atomic E-state index is 0.119. The number of furan rings is 1. The number of aliphatic hydroxyl groups excluding tert-OH is 1. The summed E-state index contributed by atoms with van der Waals surface area (Å²) in [6, 6.07) is 3.49. The van der Waals surface area contributed by atoms with E-state index in [0.717, 1.165) is 18.8 Å². The van der Waals surface area contributed by atoms with Crippen molar-refractivity contribution >= 4 is 5.91 Å². The third-order valence-corrected chi connectivity index (χ3v) is 3.01. The molecule has 5 nitrogen and oxygen atoms in total. The second kappa shape index (κ2) is 6.73. The average molecular weight is 268 g/mol. The summed E-state index contributed by atoms with van der Waals surface area (Å²) in [6.07, 6.45) is 0. The first-order valence-electron chi connectivity index (χ1n) is 6.66. The van der Waals surface area contributed by atoms with E-state index >= 15 is 0 Å². The number of nitrogens with one attached hydrogen (secondary N) is 1. The summed E-state index contributed by atoms with van der Waals surface area (Å²) < 4.78 is 5.53. The average Bonchev–Trinajstić information content (AvgIpc) is 2.84. The summed E-state index contributed by atoms with van der Waals surface area (Å²) >= 11 is 0. The van der Waals surface area contributed by atoms with Gasteiger partial charge in [0.1, 0.15) is 5.76 Å². The van der Waals surface area contributed by atoms with Crippen LogP contribution in [0.25, 0.3) is 0 Å². The Morgan fingerprint density at radius 2 is 2.00 bits per heavy atom. The van der Waals surface area contributed by atoms with Crippen LogP contribution in [0.2, 0.25) is 0 Å². The smallest absolute Gasteiger partial charge is 0.287 e. The molecule has 0 aromatic carbocycles. The second-order valence-electron chi connectivity index (χ2n) is 5.22. The van der Waals surface area contributed by atoms with E-state index in [1.165, 1.54) is 0 Å². The van der Waals surface area contributed by atoms with Crippen molar-refractivity contribution in [2.24, 2.45) is 0 Å². The highest BCUT2D eigenvalue weighted by Gasteiger charge is 2.22. The Labute approximate surface area is 114 Å². The van der Waals surface area contributed by atoms with Gasteiger partial charge in [-0.3, -0.25) is 9.69 Å². The summed E-state index contributed by atoms with van der Waals surface area (Å²) in [6.45, 7) is 10.1. The second-order valence-corrected chi connectivity index (χ2v) is 5.22. The van der Waals surface area contributed by atoms with Gasteiger partial charge in [0.2, 0.25) is 0 Å². The number of hydrogen-bond donors (Lipinski definition) is 2. The fraction of sp³-hybridized carbons (Fsp3) is 0.643. The molecule has 1 rings (SSSR count). The van der Waals surface area contributed by atoms with E-state index in [1.807, 2.05) is 6.07 Å². The summed E-state index contributed by atoms with van der Waals surface area (Å²) in [5.41, 5.74) is -0.650. The molecule has 5 heteroatoms. The van der Waals surface area contributed by atoms with Crippen molar-refractivity contribution in [3.05, 3.63) is 23.7 Å². The molecular weight excluding hydrogens is 244 g/mol. The van der Waals surface area contributed by atoms with Crippen molar-refractivity contribution in [3.8, 4) is 0 Å². The molecule has 108 valence electrons. The molecule has 1 aromatic rings. The third-order valence-electron chi connectivity index (χ3n) is 3.01. The molecule has 0 bridgehead atoms. The topological polar surface area (TPSA) is 65.7 Å². The van der Waals surface area contributed by atoms with Crippen molar-refractivity contribution in [2.75, 3.05) is 19.7 Å². The molecule has 0 unspecified atom stereocenters. The van der Waals surface area contributed by atoms with Gasteiger partial charge in [-0.25, -0.2) is 0 Å². The SMILES string of the molecule is CCN(CC)Cc1ccc(C(=O)NC(C)(C)CO)o1. The molecule has 1 aromatic heterocycles. The van der Waals surface area contributed by atoms with E-state index in [9.17, 15) is 4.79 Å². The molecule has 0 aliphatic carbocycles. The highest BCUT2D eigenvalue weighted by Crippen LogP contribution is 2.12. The molecular formula is C14H24N2O3. The van der Waals surface area contributed by atoms with Gasteiger partial charge in [-0.15, -0.1) is 0 Å². The number of nitrogens with zero attached hydrogens (tertiary/aromatic N) is 1. The van der Waals surface area contributed by atoms with E-state index in [-0.39, 0.29) is 18.3 Å². The molecule has 19 heavy (non-hydrogen) atoms. The van der Waals surface area contributed by atoms with Gasteiger partial charge in [-0.05, 0) is 39.1 Å². The minimum Gasteiger partial charge on any atom is -0.455 e. The van der Waals surface area contributed by atoms with E-state index in [1.54, 1.807) is 19.9 Å². The van der Waals surface area contributed by atoms with E-state index < -0.39 is 5.54 Å². The van der Waals surface area contributed by atoms with Crippen LogP contribution < -0.4 is 5.32 Å². The zero-order valence-corrected chi connectivity index (χ0v) is 12.2. The van der Waals surface area contributed by atoms with Crippen molar-refractivity contribution in [3.63, 3.8) is 0 Å². The van der Waals surface area contributed by atoms with Gasteiger partial charge in [-0.2, -0.15) is 0 Å². The normalized spacial score (nSPS) is 11.9. The van der Waals surface area contributed by atoms with Gasteiger partial charge >= 0.3 is 0 Å². The molecule has 0 atom stereocenters. The van der Waals surface area contributed by atoms with Crippen molar-refractivity contribution in [1.82, 2.24) is 10.2 Å². The van der Waals surface area contributed by atoms with Gasteiger partial charge in [0.05, 0.1) is 18.7 Å². The fourth-order valence-corrected chi connectivity index (χ4v) is 1.66. The Hall–Kier alpha value is -1.33. The predicted octanol–water partition coefficient (Wildman–Crippen LogP) is 1.62. The number of carbonyl (C=O) groups is 1. The molecule has 0 saturated heterocycles. The largest absolute Gasteiger partial charge is 0.455 e. The van der Waals surface area contributed by atoms with Gasteiger partial charge in [0.25, 0.3) is 5.91 Å². The molecule has 1 amide bonds. The number of carbonyl (C=O) groups excluding carboxylic acids is 1. The highest BCUT2D eigenvalue weighted by molar-refractivity contribution is 5.91. The highest BCUT2D eigenvalue weighted by atomic mass is 16.4. The molecule has 0 radical (unpaired) electrons. The maximum Gasteiger partial charge on any atom is 0.287 e. The van der Waals surface area contributed by atoms with Crippen LogP contribution in [0.15, 0.2) is 16.5 Å². The molecule has 0 saturated carbocycles. The van der Waals surface area contributed by atoms with E-state index in [4.69, 9.17) is 9.52 Å². The van der Waals surface area contributed by atoms with Gasteiger partial charge in [-0.1, -0.05) is 13.8 Å². The lowest BCUT2D eigenvalue weighted by atomic mass is 10.1. The van der Waals surface area contributed by atoms with Crippen molar-refractivity contribution in [1.29, 1.82) is 0 Å². The monoisotopic (exact) mass is 268 g/mol. The van der Waals surface area contributed by atoms with Crippen LogP contribution in [0.3, 0.4) is 0 Å². The van der Waals surface area contributed by atoms with Crippen LogP contribution >= 0.6 is 0 Å². The molecule has 0 aliphatic rings. The zero-order chi connectivity index (χ0) is 14.5. The summed E-state index contributed by atoms with van der Waals surface area (Å²) in [5.74, 6) is 0.754. The van der Waals surface area contributed by atoms with Crippen LogP contribution in [-0.2, 0) is 6.54 Å². The summed E-state index contributed by atoms with van der Waals surface area (Å²) in [5, 5.41) is 11.8. The Bertz CT molecular complexity index is 409. The van der Waals surface area contributed by atoms with Gasteiger partial charge < -0.3 is 14.8 Å². The fourth-order valence-electron chi connectivity index (χ4n) is 1.66. The van der Waals surface area contributed by atoms with Crippen molar-refractivity contribution < 1.29 is 14.3 Å². The Balaban J connectivity index is 2.66. The first kappa shape index (κ1) is 15.7. The van der Waals surface area contributed by atoms with E-state index in [2.05, 4.69) is 24.1 Å². The van der Waals surface area contributed by atoms with Crippen LogP contribution in [0.5, 0.6) is 0 Å². The lowest BCUT2D eigenvalue weighted by Gasteiger charge is -2.22. The van der Waals surface area contributed by atoms with Gasteiger partial charge in [0.15, 0.2) is 5.76 Å². The lowest BCUT2D eigenvalue weighted by Crippen LogP contribution is -2.46. The standard InChI is InChI=1S/C14H24N2O3/c1-5-16(6-2)9-11-7-8-12(19-11)13(18)15-14(3,4)10-17/h7-8,17H,5-6,9-10H2,1-4H3,(H,15,18). The number of hydrogen-bond acceptors (Lipinski definition) is 4. The lowest BCUT2D eigenvalue weighted by molar-refractivity contribution is 0.0837.